The zero-order valence-electron chi connectivity index (χ0n) is 17.0. The van der Waals surface area contributed by atoms with E-state index in [2.05, 4.69) is 9.72 Å². The maximum absolute atomic E-state index is 11.1. The van der Waals surface area contributed by atoms with Crippen molar-refractivity contribution in [3.8, 4) is 0 Å². The third-order valence-corrected chi connectivity index (χ3v) is 6.14. The fraction of sp³-hybridized carbons (Fsp3) is 0.667. The summed E-state index contributed by atoms with van der Waals surface area (Å²) in [5.41, 5.74) is 1.02. The summed E-state index contributed by atoms with van der Waals surface area (Å²) in [5, 5.41) is 0.970. The molecule has 0 radical (unpaired) electrons. The number of carbonyl (C=O) groups excluding carboxylic acids is 1. The quantitative estimate of drug-likeness (QED) is 0.143. The molecule has 1 unspecified atom stereocenters. The van der Waals surface area contributed by atoms with Crippen LogP contribution in [-0.4, -0.2) is 34.3 Å². The highest BCUT2D eigenvalue weighted by Crippen LogP contribution is 2.25. The monoisotopic (exact) mass is 445 g/mol. The maximum atomic E-state index is 11.1. The van der Waals surface area contributed by atoms with Crippen molar-refractivity contribution in [1.82, 2.24) is 4.98 Å². The Morgan fingerprint density at radius 1 is 1.18 bits per heavy atom. The summed E-state index contributed by atoms with van der Waals surface area (Å²) in [7, 11) is 1.44. The highest BCUT2D eigenvalue weighted by molar-refractivity contribution is 8.23. The molecule has 7 heteroatoms. The number of esters is 1. The molecule has 1 rings (SSSR count). The number of aryl methyl sites for hydroxylation is 1. The minimum absolute atomic E-state index is 0.112. The minimum atomic E-state index is -0.112. The van der Waals surface area contributed by atoms with Crippen molar-refractivity contribution in [2.45, 2.75) is 76.4 Å². The minimum Gasteiger partial charge on any atom is -0.479 e. The molecule has 0 aliphatic carbocycles. The lowest BCUT2D eigenvalue weighted by Crippen LogP contribution is -2.10. The van der Waals surface area contributed by atoms with Crippen LogP contribution in [0.3, 0.4) is 0 Å². The van der Waals surface area contributed by atoms with Gasteiger partial charge >= 0.3 is 5.97 Å². The second kappa shape index (κ2) is 16.0. The predicted molar refractivity (Wildman–Crippen MR) is 122 cm³/mol. The normalized spacial score (nSPS) is 11.8. The number of rotatable bonds is 14. The molecule has 0 aromatic carbocycles. The van der Waals surface area contributed by atoms with E-state index in [9.17, 15) is 4.79 Å². The van der Waals surface area contributed by atoms with Crippen molar-refractivity contribution in [3.05, 3.63) is 29.0 Å². The Hall–Kier alpha value is -0.850. The molecule has 0 N–H and O–H groups in total. The summed E-state index contributed by atoms with van der Waals surface area (Å²) in [6, 6.07) is 5.76. The molecular weight excluding hydrogens is 414 g/mol. The van der Waals surface area contributed by atoms with Crippen molar-refractivity contribution >= 4 is 45.9 Å². The van der Waals surface area contributed by atoms with Crippen LogP contribution in [0.1, 0.15) is 70.4 Å². The first-order chi connectivity index (χ1) is 13.5. The first-order valence-electron chi connectivity index (χ1n) is 10.1. The van der Waals surface area contributed by atoms with Gasteiger partial charge in [-0.3, -0.25) is 4.79 Å². The summed E-state index contributed by atoms with van der Waals surface area (Å²) in [5.74, 6) is -0.112. The van der Waals surface area contributed by atoms with E-state index in [0.717, 1.165) is 37.8 Å². The SMILES string of the molecule is CCOC(=S)SC(CCCCCCCCC(=O)OC)CCc1cccc(Cl)n1. The number of hydrogen-bond donors (Lipinski definition) is 0. The number of hydrogen-bond acceptors (Lipinski definition) is 6. The van der Waals surface area contributed by atoms with Gasteiger partial charge in [-0.15, -0.1) is 0 Å². The molecule has 0 saturated heterocycles. The molecular formula is C21H32ClNO3S2. The van der Waals surface area contributed by atoms with Crippen molar-refractivity contribution < 1.29 is 14.3 Å². The lowest BCUT2D eigenvalue weighted by Gasteiger charge is -2.17. The van der Waals surface area contributed by atoms with Gasteiger partial charge in [-0.25, -0.2) is 4.98 Å². The summed E-state index contributed by atoms with van der Waals surface area (Å²) in [6.07, 6.45) is 10.3. The zero-order chi connectivity index (χ0) is 20.6. The molecule has 158 valence electrons. The van der Waals surface area contributed by atoms with Crippen molar-refractivity contribution in [2.24, 2.45) is 0 Å². The van der Waals surface area contributed by atoms with Crippen LogP contribution in [0.5, 0.6) is 0 Å². The van der Waals surface area contributed by atoms with Crippen LogP contribution < -0.4 is 0 Å². The number of nitrogens with zero attached hydrogens (tertiary/aromatic N) is 1. The summed E-state index contributed by atoms with van der Waals surface area (Å²) in [6.45, 7) is 2.57. The fourth-order valence-corrected chi connectivity index (χ4v) is 4.58. The maximum Gasteiger partial charge on any atom is 0.305 e. The van der Waals surface area contributed by atoms with E-state index >= 15 is 0 Å². The van der Waals surface area contributed by atoms with Gasteiger partial charge in [-0.2, -0.15) is 0 Å². The van der Waals surface area contributed by atoms with E-state index in [1.807, 2.05) is 19.1 Å². The number of carbonyl (C=O) groups is 1. The van der Waals surface area contributed by atoms with Gasteiger partial charge in [-0.1, -0.05) is 61.5 Å². The third-order valence-electron chi connectivity index (χ3n) is 4.40. The summed E-state index contributed by atoms with van der Waals surface area (Å²) < 4.78 is 10.8. The smallest absolute Gasteiger partial charge is 0.305 e. The molecule has 1 aromatic rings. The predicted octanol–water partition coefficient (Wildman–Crippen LogP) is 6.38. The number of unbranched alkanes of at least 4 members (excludes halogenated alkanes) is 5. The van der Waals surface area contributed by atoms with E-state index in [1.54, 1.807) is 17.8 Å². The van der Waals surface area contributed by atoms with Gasteiger partial charge in [0, 0.05) is 17.4 Å². The van der Waals surface area contributed by atoms with E-state index in [1.165, 1.54) is 32.8 Å². The number of halogens is 1. The largest absolute Gasteiger partial charge is 0.479 e. The molecule has 1 heterocycles. The zero-order valence-corrected chi connectivity index (χ0v) is 19.3. The molecule has 0 saturated carbocycles. The molecule has 0 amide bonds. The van der Waals surface area contributed by atoms with Crippen molar-refractivity contribution in [2.75, 3.05) is 13.7 Å². The first kappa shape index (κ1) is 25.2. The second-order valence-corrected chi connectivity index (χ2v) is 8.94. The lowest BCUT2D eigenvalue weighted by molar-refractivity contribution is -0.140. The molecule has 0 aliphatic heterocycles. The summed E-state index contributed by atoms with van der Waals surface area (Å²) in [4.78, 5) is 15.5. The Morgan fingerprint density at radius 3 is 2.57 bits per heavy atom. The standard InChI is InChI=1S/C21H32ClNO3S2/c1-3-26-21(27)28-18(16-15-17-11-10-13-19(22)23-17)12-8-6-4-5-7-9-14-20(24)25-2/h10-11,13,18H,3-9,12,14-16H2,1-2H3. The number of methoxy groups -OCH3 is 1. The van der Waals surface area contributed by atoms with Crippen LogP contribution in [0.4, 0.5) is 0 Å². The Kier molecular flexibility index (Phi) is 14.4. The molecule has 4 nitrogen and oxygen atoms in total. The Balaban J connectivity index is 2.29. The number of aromatic nitrogens is 1. The highest BCUT2D eigenvalue weighted by Gasteiger charge is 2.14. The van der Waals surface area contributed by atoms with Gasteiger partial charge in [-0.05, 0) is 57.0 Å². The van der Waals surface area contributed by atoms with Gasteiger partial charge < -0.3 is 9.47 Å². The van der Waals surface area contributed by atoms with Crippen LogP contribution in [-0.2, 0) is 20.7 Å². The van der Waals surface area contributed by atoms with Crippen molar-refractivity contribution in [3.63, 3.8) is 0 Å². The molecule has 1 atom stereocenters. The number of pyridine rings is 1. The fourth-order valence-electron chi connectivity index (χ4n) is 2.90. The highest BCUT2D eigenvalue weighted by atomic mass is 35.5. The van der Waals surface area contributed by atoms with Gasteiger partial charge in [0.15, 0.2) is 0 Å². The topological polar surface area (TPSA) is 48.4 Å². The van der Waals surface area contributed by atoms with E-state index in [-0.39, 0.29) is 5.97 Å². The van der Waals surface area contributed by atoms with E-state index < -0.39 is 0 Å². The number of ether oxygens (including phenoxy) is 2. The Bertz CT molecular complexity index is 587. The van der Waals surface area contributed by atoms with Gasteiger partial charge in [0.05, 0.1) is 13.7 Å². The molecule has 0 aliphatic rings. The molecule has 0 bridgehead atoms. The average molecular weight is 446 g/mol. The van der Waals surface area contributed by atoms with Crippen molar-refractivity contribution in [1.29, 1.82) is 0 Å². The number of thioether (sulfide) groups is 1. The molecule has 0 fully saturated rings. The van der Waals surface area contributed by atoms with E-state index in [4.69, 9.17) is 28.6 Å². The molecule has 28 heavy (non-hydrogen) atoms. The Morgan fingerprint density at radius 2 is 1.89 bits per heavy atom. The Labute approximate surface area is 184 Å². The summed E-state index contributed by atoms with van der Waals surface area (Å²) >= 11 is 13.0. The van der Waals surface area contributed by atoms with Crippen LogP contribution in [0.2, 0.25) is 5.15 Å². The average Bonchev–Trinajstić information content (AvgIpc) is 2.67. The van der Waals surface area contributed by atoms with Gasteiger partial charge in [0.1, 0.15) is 5.15 Å². The van der Waals surface area contributed by atoms with Crippen LogP contribution >= 0.6 is 35.6 Å². The third kappa shape index (κ3) is 12.6. The van der Waals surface area contributed by atoms with Gasteiger partial charge in [0.2, 0.25) is 4.38 Å². The number of thiocarbonyl (C=S) groups is 1. The molecule has 1 aromatic heterocycles. The first-order valence-corrected chi connectivity index (χ1v) is 11.7. The van der Waals surface area contributed by atoms with Crippen LogP contribution in [0, 0.1) is 0 Å². The second-order valence-electron chi connectivity index (χ2n) is 6.65. The van der Waals surface area contributed by atoms with Crippen LogP contribution in [0.25, 0.3) is 0 Å². The van der Waals surface area contributed by atoms with E-state index in [0.29, 0.717) is 27.8 Å². The van der Waals surface area contributed by atoms with Crippen LogP contribution in [0.15, 0.2) is 18.2 Å². The lowest BCUT2D eigenvalue weighted by atomic mass is 10.0. The van der Waals surface area contributed by atoms with Gasteiger partial charge in [0.25, 0.3) is 0 Å². The molecule has 0 spiro atoms.